The molecule has 0 spiro atoms. The normalized spacial score (nSPS) is 33.1. The Balaban J connectivity index is 1.82. The van der Waals surface area contributed by atoms with Crippen LogP contribution in [0.15, 0.2) is 4.99 Å². The molecule has 0 N–H and O–H groups in total. The topological polar surface area (TPSA) is 47.9 Å². The number of esters is 1. The van der Waals surface area contributed by atoms with Crippen molar-refractivity contribution in [1.82, 2.24) is 0 Å². The van der Waals surface area contributed by atoms with Gasteiger partial charge in [-0.15, -0.1) is 0 Å². The number of carbonyl (C=O) groups is 1. The summed E-state index contributed by atoms with van der Waals surface area (Å²) in [6.45, 7) is 0.849. The van der Waals surface area contributed by atoms with Gasteiger partial charge in [0.25, 0.3) is 0 Å². The summed E-state index contributed by atoms with van der Waals surface area (Å²) < 4.78 is 22.7. The zero-order valence-corrected chi connectivity index (χ0v) is 9.42. The molecule has 2 aliphatic heterocycles. The summed E-state index contributed by atoms with van der Waals surface area (Å²) in [5.74, 6) is -0.368. The minimum atomic E-state index is -0.586. The fourth-order valence-electron chi connectivity index (χ4n) is 1.36. The van der Waals surface area contributed by atoms with Crippen LogP contribution >= 0.6 is 11.8 Å². The first-order valence-corrected chi connectivity index (χ1v) is 5.66. The maximum absolute atomic E-state index is 12.4. The lowest BCUT2D eigenvalue weighted by molar-refractivity contribution is -0.145. The first kappa shape index (κ1) is 11.9. The maximum Gasteiger partial charge on any atom is 0.302 e. The third kappa shape index (κ3) is 2.74. The van der Waals surface area contributed by atoms with E-state index in [1.54, 1.807) is 0 Å². The standard InChI is InChI=1S/C10H10FNO3S/c1-6(13)14-5-7-2-3-8-10(15-7)16-9(4-11)12-8/h7-8,10H,4-5H2,1H3/t7-,8-,10-/m1/s1. The first-order chi connectivity index (χ1) is 7.69. The van der Waals surface area contributed by atoms with Gasteiger partial charge >= 0.3 is 5.97 Å². The molecule has 4 nitrogen and oxygen atoms in total. The van der Waals surface area contributed by atoms with E-state index in [-0.39, 0.29) is 24.1 Å². The molecule has 0 amide bonds. The Morgan fingerprint density at radius 2 is 2.50 bits per heavy atom. The zero-order chi connectivity index (χ0) is 11.5. The summed E-state index contributed by atoms with van der Waals surface area (Å²) in [5, 5.41) is 0.414. The smallest absolute Gasteiger partial charge is 0.302 e. The molecule has 0 unspecified atom stereocenters. The molecule has 0 saturated carbocycles. The quantitative estimate of drug-likeness (QED) is 0.692. The molecule has 0 aromatic carbocycles. The fourth-order valence-corrected chi connectivity index (χ4v) is 2.31. The number of rotatable bonds is 3. The largest absolute Gasteiger partial charge is 0.463 e. The van der Waals surface area contributed by atoms with Crippen molar-refractivity contribution >= 4 is 22.8 Å². The molecule has 1 fully saturated rings. The van der Waals surface area contributed by atoms with Crippen molar-refractivity contribution in [3.63, 3.8) is 0 Å². The van der Waals surface area contributed by atoms with E-state index >= 15 is 0 Å². The fraction of sp³-hybridized carbons (Fsp3) is 0.600. The molecular formula is C10H10FNO3S. The zero-order valence-electron chi connectivity index (χ0n) is 8.60. The van der Waals surface area contributed by atoms with Crippen LogP contribution in [0.1, 0.15) is 6.92 Å². The third-order valence-electron chi connectivity index (χ3n) is 2.04. The summed E-state index contributed by atoms with van der Waals surface area (Å²) in [4.78, 5) is 14.7. The highest BCUT2D eigenvalue weighted by molar-refractivity contribution is 8.14. The number of hydrogen-bond donors (Lipinski definition) is 0. The summed E-state index contributed by atoms with van der Waals surface area (Å²) in [6, 6.07) is -0.288. The van der Waals surface area contributed by atoms with E-state index in [4.69, 9.17) is 9.47 Å². The van der Waals surface area contributed by atoms with Crippen molar-refractivity contribution in [2.75, 3.05) is 13.3 Å². The van der Waals surface area contributed by atoms with Crippen molar-refractivity contribution in [2.24, 2.45) is 4.99 Å². The molecule has 6 heteroatoms. The lowest BCUT2D eigenvalue weighted by Crippen LogP contribution is -2.37. The van der Waals surface area contributed by atoms with Gasteiger partial charge in [0, 0.05) is 19.8 Å². The van der Waals surface area contributed by atoms with Crippen LogP contribution in [0.2, 0.25) is 0 Å². The number of ether oxygens (including phenoxy) is 2. The van der Waals surface area contributed by atoms with Crippen LogP contribution in [0.5, 0.6) is 0 Å². The molecule has 0 aromatic rings. The number of carbonyl (C=O) groups excluding carboxylic acids is 1. The second-order valence-corrected chi connectivity index (χ2v) is 4.48. The predicted octanol–water partition coefficient (Wildman–Crippen LogP) is 0.920. The number of hydrogen-bond acceptors (Lipinski definition) is 5. The average Bonchev–Trinajstić information content (AvgIpc) is 2.68. The Hall–Kier alpha value is -0.620. The minimum Gasteiger partial charge on any atom is -0.463 e. The molecule has 0 aliphatic carbocycles. The molecule has 0 bridgehead atoms. The number of nitrogens with zero attached hydrogens (tertiary/aromatic N) is 1. The molecule has 2 heterocycles. The Labute approximate surface area is 97.6 Å². The molecule has 3 atom stereocenters. The SMILES string of the molecule is CC(=O)OC[C@H]1[C][C][C@H]2N=C(CF)S[C@H]2O1. The number of halogens is 1. The van der Waals surface area contributed by atoms with Gasteiger partial charge in [0.2, 0.25) is 0 Å². The second-order valence-electron chi connectivity index (χ2n) is 3.30. The second kappa shape index (κ2) is 5.14. The van der Waals surface area contributed by atoms with E-state index in [1.165, 1.54) is 18.7 Å². The highest BCUT2D eigenvalue weighted by Gasteiger charge is 2.38. The number of alkyl halides is 1. The van der Waals surface area contributed by atoms with Gasteiger partial charge in [-0.3, -0.25) is 9.79 Å². The van der Waals surface area contributed by atoms with E-state index in [0.29, 0.717) is 5.04 Å². The van der Waals surface area contributed by atoms with Crippen LogP contribution in [0.4, 0.5) is 4.39 Å². The van der Waals surface area contributed by atoms with Gasteiger partial charge in [0.1, 0.15) is 29.9 Å². The average molecular weight is 243 g/mol. The van der Waals surface area contributed by atoms with Gasteiger partial charge in [-0.1, -0.05) is 11.8 Å². The van der Waals surface area contributed by atoms with E-state index in [1.807, 2.05) is 0 Å². The Morgan fingerprint density at radius 3 is 3.19 bits per heavy atom. The van der Waals surface area contributed by atoms with Gasteiger partial charge in [0.15, 0.2) is 0 Å². The molecule has 4 radical (unpaired) electrons. The third-order valence-corrected chi connectivity index (χ3v) is 3.12. The maximum atomic E-state index is 12.4. The van der Waals surface area contributed by atoms with Crippen LogP contribution < -0.4 is 0 Å². The van der Waals surface area contributed by atoms with Crippen molar-refractivity contribution in [3.05, 3.63) is 12.8 Å². The molecule has 86 valence electrons. The molecule has 0 aromatic heterocycles. The van der Waals surface area contributed by atoms with Gasteiger partial charge in [-0.2, -0.15) is 0 Å². The van der Waals surface area contributed by atoms with Gasteiger partial charge in [-0.05, 0) is 0 Å². The van der Waals surface area contributed by atoms with E-state index < -0.39 is 12.8 Å². The van der Waals surface area contributed by atoms with Crippen molar-refractivity contribution in [1.29, 1.82) is 0 Å². The molecule has 2 aliphatic rings. The summed E-state index contributed by atoms with van der Waals surface area (Å²) in [6.07, 6.45) is 5.24. The van der Waals surface area contributed by atoms with E-state index in [0.717, 1.165) is 0 Å². The Morgan fingerprint density at radius 1 is 1.69 bits per heavy atom. The van der Waals surface area contributed by atoms with E-state index in [9.17, 15) is 9.18 Å². The van der Waals surface area contributed by atoms with Crippen LogP contribution in [-0.4, -0.2) is 41.9 Å². The number of fused-ring (bicyclic) bond motifs is 1. The van der Waals surface area contributed by atoms with Crippen LogP contribution in [0.3, 0.4) is 0 Å². The Bertz CT molecular complexity index is 310. The molecule has 2 rings (SSSR count). The van der Waals surface area contributed by atoms with Crippen molar-refractivity contribution in [3.8, 4) is 0 Å². The molecular weight excluding hydrogens is 233 g/mol. The van der Waals surface area contributed by atoms with Crippen LogP contribution in [0, 0.1) is 12.8 Å². The molecule has 16 heavy (non-hydrogen) atoms. The lowest BCUT2D eigenvalue weighted by atomic mass is 10.1. The predicted molar refractivity (Wildman–Crippen MR) is 56.6 cm³/mol. The summed E-state index contributed by atoms with van der Waals surface area (Å²) in [5.41, 5.74) is -0.271. The van der Waals surface area contributed by atoms with Crippen molar-refractivity contribution < 1.29 is 18.7 Å². The minimum absolute atomic E-state index is 0.108. The van der Waals surface area contributed by atoms with Gasteiger partial charge in [0.05, 0.1) is 6.04 Å². The van der Waals surface area contributed by atoms with Gasteiger partial charge < -0.3 is 9.47 Å². The summed E-state index contributed by atoms with van der Waals surface area (Å²) in [7, 11) is 0. The highest BCUT2D eigenvalue weighted by atomic mass is 32.2. The lowest BCUT2D eigenvalue weighted by Gasteiger charge is -2.28. The van der Waals surface area contributed by atoms with Crippen molar-refractivity contribution in [2.45, 2.75) is 24.5 Å². The first-order valence-electron chi connectivity index (χ1n) is 4.78. The monoisotopic (exact) mass is 243 g/mol. The Kier molecular flexibility index (Phi) is 3.81. The number of aliphatic imine (C=N–C) groups is 1. The number of thioether (sulfide) groups is 1. The molecule has 1 saturated heterocycles. The van der Waals surface area contributed by atoms with Gasteiger partial charge in [-0.25, -0.2) is 4.39 Å². The highest BCUT2D eigenvalue weighted by Crippen LogP contribution is 2.35. The van der Waals surface area contributed by atoms with Crippen LogP contribution in [0.25, 0.3) is 0 Å². The van der Waals surface area contributed by atoms with E-state index in [2.05, 4.69) is 17.8 Å². The van der Waals surface area contributed by atoms with Crippen LogP contribution in [-0.2, 0) is 14.3 Å². The summed E-state index contributed by atoms with van der Waals surface area (Å²) >= 11 is 1.24.